The fourth-order valence-corrected chi connectivity index (χ4v) is 2.50. The Morgan fingerprint density at radius 2 is 2.04 bits per heavy atom. The molecule has 0 aliphatic rings. The summed E-state index contributed by atoms with van der Waals surface area (Å²) >= 11 is 0. The number of hydrogen-bond donors (Lipinski definition) is 1. The molecule has 0 saturated heterocycles. The van der Waals surface area contributed by atoms with Crippen LogP contribution in [-0.4, -0.2) is 47.8 Å². The first-order valence-electron chi connectivity index (χ1n) is 7.92. The summed E-state index contributed by atoms with van der Waals surface area (Å²) in [7, 11) is 4.63. The van der Waals surface area contributed by atoms with Gasteiger partial charge in [-0.3, -0.25) is 9.48 Å². The van der Waals surface area contributed by atoms with E-state index in [2.05, 4.69) is 10.4 Å². The Morgan fingerprint density at radius 3 is 2.65 bits per heavy atom. The van der Waals surface area contributed by atoms with Crippen molar-refractivity contribution < 1.29 is 22.7 Å². The van der Waals surface area contributed by atoms with Crippen LogP contribution in [0, 0.1) is 0 Å². The van der Waals surface area contributed by atoms with E-state index in [4.69, 9.17) is 4.74 Å². The predicted molar refractivity (Wildman–Crippen MR) is 89.9 cm³/mol. The fraction of sp³-hybridized carbons (Fsp3) is 0.412. The molecule has 0 aliphatic carbocycles. The Kier molecular flexibility index (Phi) is 6.25. The van der Waals surface area contributed by atoms with Crippen LogP contribution in [-0.2, 0) is 19.8 Å². The van der Waals surface area contributed by atoms with E-state index >= 15 is 0 Å². The van der Waals surface area contributed by atoms with Crippen LogP contribution in [0.1, 0.15) is 21.7 Å². The molecule has 9 heteroatoms. The number of methoxy groups -OCH3 is 1. The number of halogens is 3. The smallest absolute Gasteiger partial charge is 0.433 e. The van der Waals surface area contributed by atoms with Crippen LogP contribution in [0.4, 0.5) is 13.2 Å². The largest absolute Gasteiger partial charge is 0.496 e. The van der Waals surface area contributed by atoms with Gasteiger partial charge in [0.15, 0.2) is 5.69 Å². The molecule has 1 heterocycles. The van der Waals surface area contributed by atoms with E-state index in [9.17, 15) is 18.0 Å². The van der Waals surface area contributed by atoms with E-state index in [1.165, 1.54) is 0 Å². The molecule has 0 aliphatic heterocycles. The summed E-state index contributed by atoms with van der Waals surface area (Å²) in [6, 6.07) is 8.34. The number of aryl methyl sites for hydroxylation is 1. The number of para-hydroxylation sites is 1. The zero-order valence-electron chi connectivity index (χ0n) is 14.8. The standard InChI is InChI=1S/C17H21F3N4O2/c1-23(11-12-6-4-5-7-14(12)26-3)9-8-21-16(25)13-10-15(17(18,19)20)24(2)22-13/h4-7,10H,8-9,11H2,1-3H3,(H,21,25). The van der Waals surface area contributed by atoms with Gasteiger partial charge >= 0.3 is 6.18 Å². The molecular formula is C17H21F3N4O2. The number of carbonyl (C=O) groups excluding carboxylic acids is 1. The summed E-state index contributed by atoms with van der Waals surface area (Å²) in [6.07, 6.45) is -4.55. The molecule has 0 fully saturated rings. The second kappa shape index (κ2) is 8.22. The van der Waals surface area contributed by atoms with Gasteiger partial charge < -0.3 is 15.0 Å². The number of carbonyl (C=O) groups is 1. The summed E-state index contributed by atoms with van der Waals surface area (Å²) in [4.78, 5) is 14.0. The maximum absolute atomic E-state index is 12.7. The van der Waals surface area contributed by atoms with Gasteiger partial charge in [-0.25, -0.2) is 0 Å². The monoisotopic (exact) mass is 370 g/mol. The maximum atomic E-state index is 12.7. The van der Waals surface area contributed by atoms with Crippen molar-refractivity contribution in [2.24, 2.45) is 7.05 Å². The molecular weight excluding hydrogens is 349 g/mol. The van der Waals surface area contributed by atoms with Crippen LogP contribution in [0.5, 0.6) is 5.75 Å². The lowest BCUT2D eigenvalue weighted by Gasteiger charge is -2.18. The minimum absolute atomic E-state index is 0.257. The highest BCUT2D eigenvalue weighted by Crippen LogP contribution is 2.29. The van der Waals surface area contributed by atoms with Crippen LogP contribution in [0.2, 0.25) is 0 Å². The van der Waals surface area contributed by atoms with E-state index in [-0.39, 0.29) is 12.2 Å². The third-order valence-corrected chi connectivity index (χ3v) is 3.81. The van der Waals surface area contributed by atoms with Crippen molar-refractivity contribution in [2.75, 3.05) is 27.2 Å². The van der Waals surface area contributed by atoms with Crippen molar-refractivity contribution in [1.29, 1.82) is 0 Å². The molecule has 1 aromatic heterocycles. The third kappa shape index (κ3) is 4.98. The Balaban J connectivity index is 1.86. The molecule has 0 unspecified atom stereocenters. The van der Waals surface area contributed by atoms with Crippen molar-refractivity contribution in [2.45, 2.75) is 12.7 Å². The average molecular weight is 370 g/mol. The molecule has 0 spiro atoms. The number of nitrogens with zero attached hydrogens (tertiary/aromatic N) is 3. The minimum Gasteiger partial charge on any atom is -0.496 e. The Bertz CT molecular complexity index is 759. The number of alkyl halides is 3. The molecule has 1 N–H and O–H groups in total. The van der Waals surface area contributed by atoms with Crippen molar-refractivity contribution in [1.82, 2.24) is 20.0 Å². The molecule has 2 rings (SSSR count). The average Bonchev–Trinajstić information content (AvgIpc) is 2.97. The van der Waals surface area contributed by atoms with Crippen molar-refractivity contribution in [3.05, 3.63) is 47.3 Å². The molecule has 6 nitrogen and oxygen atoms in total. The highest BCUT2D eigenvalue weighted by atomic mass is 19.4. The summed E-state index contributed by atoms with van der Waals surface area (Å²) in [5.74, 6) is 0.137. The topological polar surface area (TPSA) is 59.4 Å². The number of hydrogen-bond acceptors (Lipinski definition) is 4. The number of benzene rings is 1. The SMILES string of the molecule is COc1ccccc1CN(C)CCNC(=O)c1cc(C(F)(F)F)n(C)n1. The van der Waals surface area contributed by atoms with Crippen LogP contribution in [0.3, 0.4) is 0 Å². The van der Waals surface area contributed by atoms with Crippen LogP contribution in [0.15, 0.2) is 30.3 Å². The fourth-order valence-electron chi connectivity index (χ4n) is 2.50. The minimum atomic E-state index is -4.55. The Labute approximate surface area is 149 Å². The van der Waals surface area contributed by atoms with Gasteiger partial charge in [0.05, 0.1) is 7.11 Å². The molecule has 0 radical (unpaired) electrons. The second-order valence-corrected chi connectivity index (χ2v) is 5.84. The Morgan fingerprint density at radius 1 is 1.35 bits per heavy atom. The molecule has 142 valence electrons. The maximum Gasteiger partial charge on any atom is 0.433 e. The normalized spacial score (nSPS) is 11.7. The third-order valence-electron chi connectivity index (χ3n) is 3.81. The first-order chi connectivity index (χ1) is 12.2. The molecule has 0 bridgehead atoms. The molecule has 0 atom stereocenters. The number of likely N-dealkylation sites (N-methyl/N-ethyl adjacent to an activating group) is 1. The van der Waals surface area contributed by atoms with E-state index in [0.29, 0.717) is 17.8 Å². The van der Waals surface area contributed by atoms with E-state index < -0.39 is 17.8 Å². The predicted octanol–water partition coefficient (Wildman–Crippen LogP) is 2.31. The van der Waals surface area contributed by atoms with E-state index in [0.717, 1.165) is 24.4 Å². The van der Waals surface area contributed by atoms with Gasteiger partial charge in [0.1, 0.15) is 11.4 Å². The number of rotatable bonds is 7. The number of amides is 1. The first-order valence-corrected chi connectivity index (χ1v) is 7.92. The quantitative estimate of drug-likeness (QED) is 0.813. The van der Waals surface area contributed by atoms with E-state index in [1.807, 2.05) is 36.2 Å². The number of aromatic nitrogens is 2. The van der Waals surface area contributed by atoms with Crippen molar-refractivity contribution in [3.8, 4) is 5.75 Å². The van der Waals surface area contributed by atoms with Gasteiger partial charge in [0, 0.05) is 38.3 Å². The van der Waals surface area contributed by atoms with Gasteiger partial charge in [0.25, 0.3) is 5.91 Å². The lowest BCUT2D eigenvalue weighted by Crippen LogP contribution is -2.33. The van der Waals surface area contributed by atoms with E-state index in [1.54, 1.807) is 7.11 Å². The zero-order valence-corrected chi connectivity index (χ0v) is 14.8. The number of ether oxygens (including phenoxy) is 1. The van der Waals surface area contributed by atoms with Crippen LogP contribution < -0.4 is 10.1 Å². The molecule has 26 heavy (non-hydrogen) atoms. The van der Waals surface area contributed by atoms with Crippen LogP contribution >= 0.6 is 0 Å². The van der Waals surface area contributed by atoms with Crippen molar-refractivity contribution >= 4 is 5.91 Å². The highest BCUT2D eigenvalue weighted by molar-refractivity contribution is 5.92. The van der Waals surface area contributed by atoms with Crippen LogP contribution in [0.25, 0.3) is 0 Å². The lowest BCUT2D eigenvalue weighted by atomic mass is 10.2. The Hall–Kier alpha value is -2.55. The lowest BCUT2D eigenvalue weighted by molar-refractivity contribution is -0.143. The van der Waals surface area contributed by atoms with Gasteiger partial charge in [-0.05, 0) is 13.1 Å². The molecule has 0 saturated carbocycles. The summed E-state index contributed by atoms with van der Waals surface area (Å²) in [6.45, 7) is 1.41. The van der Waals surface area contributed by atoms with Gasteiger partial charge in [-0.2, -0.15) is 18.3 Å². The van der Waals surface area contributed by atoms with Gasteiger partial charge in [0.2, 0.25) is 0 Å². The molecule has 1 aromatic carbocycles. The van der Waals surface area contributed by atoms with Gasteiger partial charge in [-0.1, -0.05) is 18.2 Å². The highest BCUT2D eigenvalue weighted by Gasteiger charge is 2.35. The molecule has 2 aromatic rings. The summed E-state index contributed by atoms with van der Waals surface area (Å²) in [5, 5.41) is 6.20. The molecule has 1 amide bonds. The summed E-state index contributed by atoms with van der Waals surface area (Å²) in [5.41, 5.74) is -0.216. The zero-order chi connectivity index (χ0) is 19.3. The van der Waals surface area contributed by atoms with Gasteiger partial charge in [-0.15, -0.1) is 0 Å². The second-order valence-electron chi connectivity index (χ2n) is 5.84. The van der Waals surface area contributed by atoms with Crippen molar-refractivity contribution in [3.63, 3.8) is 0 Å². The summed E-state index contributed by atoms with van der Waals surface area (Å²) < 4.78 is 44.2. The first kappa shape index (κ1) is 19.8. The number of nitrogens with one attached hydrogen (secondary N) is 1.